The minimum absolute atomic E-state index is 0.192. The second-order valence-corrected chi connectivity index (χ2v) is 3.33. The van der Waals surface area contributed by atoms with Crippen LogP contribution in [0.15, 0.2) is 18.3 Å². The van der Waals surface area contributed by atoms with Gasteiger partial charge in [-0.1, -0.05) is 11.6 Å². The third-order valence-electron chi connectivity index (χ3n) is 1.90. The Morgan fingerprint density at radius 2 is 2.25 bits per heavy atom. The van der Waals surface area contributed by atoms with Crippen LogP contribution in [0.5, 0.6) is 0 Å². The van der Waals surface area contributed by atoms with Gasteiger partial charge in [0.05, 0.1) is 11.1 Å². The number of β-amino-alcohol motifs (C(OH)–C–C–N with tert-alkyl or cyclic N) is 1. The number of aliphatic hydroxyl groups is 1. The van der Waals surface area contributed by atoms with Gasteiger partial charge in [0.1, 0.15) is 5.82 Å². The average molecular weight is 185 g/mol. The van der Waals surface area contributed by atoms with Crippen LogP contribution < -0.4 is 4.90 Å². The zero-order chi connectivity index (χ0) is 8.55. The van der Waals surface area contributed by atoms with Crippen molar-refractivity contribution >= 4 is 17.4 Å². The summed E-state index contributed by atoms with van der Waals surface area (Å²) in [6.07, 6.45) is 1.42. The van der Waals surface area contributed by atoms with E-state index in [1.165, 1.54) is 0 Å². The number of aliphatic hydroxyl groups excluding tert-OH is 1. The maximum Gasteiger partial charge on any atom is 0.128 e. The molecule has 1 aromatic rings. The summed E-state index contributed by atoms with van der Waals surface area (Å²) in [6, 6.07) is 3.66. The summed E-state index contributed by atoms with van der Waals surface area (Å²) in [6.45, 7) is 1.35. The van der Waals surface area contributed by atoms with Crippen LogP contribution in [0.2, 0.25) is 5.02 Å². The predicted octanol–water partition coefficient (Wildman–Crippen LogP) is 0.916. The number of rotatable bonds is 1. The van der Waals surface area contributed by atoms with Crippen molar-refractivity contribution in [1.82, 2.24) is 4.98 Å². The van der Waals surface area contributed by atoms with Gasteiger partial charge in [-0.3, -0.25) is 0 Å². The first-order valence-corrected chi connectivity index (χ1v) is 4.18. The van der Waals surface area contributed by atoms with Crippen molar-refractivity contribution in [3.63, 3.8) is 0 Å². The summed E-state index contributed by atoms with van der Waals surface area (Å²) in [7, 11) is 0. The molecule has 1 saturated heterocycles. The van der Waals surface area contributed by atoms with Crippen molar-refractivity contribution in [2.45, 2.75) is 6.10 Å². The minimum Gasteiger partial charge on any atom is -0.389 e. The topological polar surface area (TPSA) is 36.4 Å². The summed E-state index contributed by atoms with van der Waals surface area (Å²) in [5, 5.41) is 9.68. The molecule has 64 valence electrons. The molecule has 2 heterocycles. The van der Waals surface area contributed by atoms with Gasteiger partial charge >= 0.3 is 0 Å². The Morgan fingerprint density at radius 1 is 1.50 bits per heavy atom. The van der Waals surface area contributed by atoms with E-state index in [1.807, 2.05) is 11.0 Å². The molecule has 12 heavy (non-hydrogen) atoms. The zero-order valence-electron chi connectivity index (χ0n) is 6.44. The second kappa shape index (κ2) is 2.92. The molecule has 1 fully saturated rings. The fourth-order valence-corrected chi connectivity index (χ4v) is 1.31. The van der Waals surface area contributed by atoms with Gasteiger partial charge < -0.3 is 10.0 Å². The fourth-order valence-electron chi connectivity index (χ4n) is 1.20. The first kappa shape index (κ1) is 7.83. The molecule has 1 N–H and O–H groups in total. The lowest BCUT2D eigenvalue weighted by molar-refractivity contribution is 0.141. The summed E-state index contributed by atoms with van der Waals surface area (Å²) in [5.74, 6) is 0.879. The van der Waals surface area contributed by atoms with Crippen molar-refractivity contribution < 1.29 is 5.11 Å². The maximum atomic E-state index is 9.04. The number of hydrogen-bond acceptors (Lipinski definition) is 3. The lowest BCUT2D eigenvalue weighted by Crippen LogP contribution is -2.51. The number of nitrogens with zero attached hydrogens (tertiary/aromatic N) is 2. The van der Waals surface area contributed by atoms with Gasteiger partial charge in [-0.25, -0.2) is 4.98 Å². The van der Waals surface area contributed by atoms with E-state index in [1.54, 1.807) is 12.3 Å². The van der Waals surface area contributed by atoms with Gasteiger partial charge in [0.2, 0.25) is 0 Å². The maximum absolute atomic E-state index is 9.04. The molecule has 0 unspecified atom stereocenters. The predicted molar refractivity (Wildman–Crippen MR) is 47.5 cm³/mol. The quantitative estimate of drug-likeness (QED) is 0.705. The molecule has 0 aromatic carbocycles. The van der Waals surface area contributed by atoms with E-state index < -0.39 is 0 Å². The van der Waals surface area contributed by atoms with Crippen LogP contribution in [0.4, 0.5) is 5.82 Å². The third kappa shape index (κ3) is 1.38. The fraction of sp³-hybridized carbons (Fsp3) is 0.375. The number of halogens is 1. The summed E-state index contributed by atoms with van der Waals surface area (Å²) < 4.78 is 0. The van der Waals surface area contributed by atoms with Gasteiger partial charge in [0, 0.05) is 19.3 Å². The summed E-state index contributed by atoms with van der Waals surface area (Å²) in [4.78, 5) is 6.12. The molecule has 0 saturated carbocycles. The molecule has 0 aliphatic carbocycles. The SMILES string of the molecule is OC1CN(c2ccc(Cl)cn2)C1. The molecule has 2 rings (SSSR count). The highest BCUT2D eigenvalue weighted by atomic mass is 35.5. The summed E-state index contributed by atoms with van der Waals surface area (Å²) in [5.41, 5.74) is 0. The number of pyridine rings is 1. The van der Waals surface area contributed by atoms with Crippen molar-refractivity contribution in [3.8, 4) is 0 Å². The molecule has 4 heteroatoms. The smallest absolute Gasteiger partial charge is 0.128 e. The Labute approximate surface area is 75.6 Å². The van der Waals surface area contributed by atoms with Crippen LogP contribution in [0.25, 0.3) is 0 Å². The van der Waals surface area contributed by atoms with E-state index >= 15 is 0 Å². The van der Waals surface area contributed by atoms with Crippen molar-refractivity contribution in [2.75, 3.05) is 18.0 Å². The Bertz CT molecular complexity index is 269. The van der Waals surface area contributed by atoms with Crippen LogP contribution in [-0.2, 0) is 0 Å². The van der Waals surface area contributed by atoms with Gasteiger partial charge in [0.15, 0.2) is 0 Å². The molecule has 0 bridgehead atoms. The van der Waals surface area contributed by atoms with Gasteiger partial charge in [-0.05, 0) is 12.1 Å². The monoisotopic (exact) mass is 184 g/mol. The molecule has 0 radical (unpaired) electrons. The van der Waals surface area contributed by atoms with Crippen LogP contribution in [0.3, 0.4) is 0 Å². The lowest BCUT2D eigenvalue weighted by Gasteiger charge is -2.36. The van der Waals surface area contributed by atoms with E-state index in [2.05, 4.69) is 4.98 Å². The number of anilines is 1. The van der Waals surface area contributed by atoms with Crippen LogP contribution in [-0.4, -0.2) is 29.3 Å². The van der Waals surface area contributed by atoms with Crippen molar-refractivity contribution in [3.05, 3.63) is 23.4 Å². The van der Waals surface area contributed by atoms with E-state index in [0.29, 0.717) is 18.1 Å². The molecule has 1 aromatic heterocycles. The Balaban J connectivity index is 2.09. The molecular weight excluding hydrogens is 176 g/mol. The highest BCUT2D eigenvalue weighted by molar-refractivity contribution is 6.30. The average Bonchev–Trinajstić information content (AvgIpc) is 2.01. The Morgan fingerprint density at radius 3 is 2.75 bits per heavy atom. The molecule has 0 spiro atoms. The van der Waals surface area contributed by atoms with E-state index in [4.69, 9.17) is 16.7 Å². The summed E-state index contributed by atoms with van der Waals surface area (Å²) >= 11 is 5.68. The third-order valence-corrected chi connectivity index (χ3v) is 2.12. The van der Waals surface area contributed by atoms with E-state index in [-0.39, 0.29) is 6.10 Å². The zero-order valence-corrected chi connectivity index (χ0v) is 7.20. The van der Waals surface area contributed by atoms with E-state index in [0.717, 1.165) is 5.82 Å². The van der Waals surface area contributed by atoms with Gasteiger partial charge in [-0.15, -0.1) is 0 Å². The Kier molecular flexibility index (Phi) is 1.90. The van der Waals surface area contributed by atoms with Crippen molar-refractivity contribution in [1.29, 1.82) is 0 Å². The molecule has 0 amide bonds. The molecular formula is C8H9ClN2O. The van der Waals surface area contributed by atoms with Crippen LogP contribution >= 0.6 is 11.6 Å². The van der Waals surface area contributed by atoms with Crippen LogP contribution in [0.1, 0.15) is 0 Å². The normalized spacial score (nSPS) is 17.7. The van der Waals surface area contributed by atoms with Gasteiger partial charge in [-0.2, -0.15) is 0 Å². The first-order valence-electron chi connectivity index (χ1n) is 3.80. The Hall–Kier alpha value is -0.800. The molecule has 1 aliphatic rings. The van der Waals surface area contributed by atoms with Gasteiger partial charge in [0.25, 0.3) is 0 Å². The largest absolute Gasteiger partial charge is 0.389 e. The van der Waals surface area contributed by atoms with E-state index in [9.17, 15) is 0 Å². The molecule has 3 nitrogen and oxygen atoms in total. The number of hydrogen-bond donors (Lipinski definition) is 1. The highest BCUT2D eigenvalue weighted by Crippen LogP contribution is 2.19. The molecule has 1 aliphatic heterocycles. The molecule has 0 atom stereocenters. The standard InChI is InChI=1S/C8H9ClN2O/c9-6-1-2-8(10-3-6)11-4-7(12)5-11/h1-3,7,12H,4-5H2. The van der Waals surface area contributed by atoms with Crippen LogP contribution in [0, 0.1) is 0 Å². The second-order valence-electron chi connectivity index (χ2n) is 2.89. The minimum atomic E-state index is -0.192. The van der Waals surface area contributed by atoms with Crippen molar-refractivity contribution in [2.24, 2.45) is 0 Å². The number of aromatic nitrogens is 1. The highest BCUT2D eigenvalue weighted by Gasteiger charge is 2.24. The lowest BCUT2D eigenvalue weighted by atomic mass is 10.2. The first-order chi connectivity index (χ1) is 5.75.